The molecule has 0 radical (unpaired) electrons. The molecule has 3 N–H and O–H groups in total. The second kappa shape index (κ2) is 7.01. The molecule has 1 atom stereocenters. The van der Waals surface area contributed by atoms with Crippen LogP contribution in [0.4, 0.5) is 4.39 Å². The van der Waals surface area contributed by atoms with E-state index in [1.807, 2.05) is 0 Å². The second-order valence-electron chi connectivity index (χ2n) is 5.15. The van der Waals surface area contributed by atoms with Crippen LogP contribution in [0.25, 0.3) is 11.3 Å². The van der Waals surface area contributed by atoms with Crippen molar-refractivity contribution in [1.29, 1.82) is 0 Å². The molecule has 0 aliphatic rings. The number of H-pyrrole nitrogens is 1. The van der Waals surface area contributed by atoms with Gasteiger partial charge >= 0.3 is 0 Å². The zero-order chi connectivity index (χ0) is 16.9. The van der Waals surface area contributed by atoms with Crippen LogP contribution in [0.1, 0.15) is 22.2 Å². The van der Waals surface area contributed by atoms with E-state index < -0.39 is 17.8 Å². The predicted molar refractivity (Wildman–Crippen MR) is 85.5 cm³/mol. The highest BCUT2D eigenvalue weighted by Crippen LogP contribution is 2.21. The summed E-state index contributed by atoms with van der Waals surface area (Å²) in [6.45, 7) is 0.00359. The Morgan fingerprint density at radius 2 is 2.17 bits per heavy atom. The van der Waals surface area contributed by atoms with Gasteiger partial charge in [-0.1, -0.05) is 18.2 Å². The van der Waals surface area contributed by atoms with Gasteiger partial charge in [0.2, 0.25) is 0 Å². The van der Waals surface area contributed by atoms with Gasteiger partial charge in [-0.2, -0.15) is 5.10 Å². The predicted octanol–water partition coefficient (Wildman–Crippen LogP) is 2.07. The fraction of sp³-hybridized carbons (Fsp3) is 0.118. The van der Waals surface area contributed by atoms with Crippen molar-refractivity contribution in [2.45, 2.75) is 6.10 Å². The molecule has 122 valence electrons. The zero-order valence-corrected chi connectivity index (χ0v) is 12.6. The Morgan fingerprint density at radius 3 is 2.92 bits per heavy atom. The molecule has 3 rings (SSSR count). The monoisotopic (exact) mass is 326 g/mol. The number of rotatable bonds is 5. The maximum Gasteiger partial charge on any atom is 0.255 e. The smallest absolute Gasteiger partial charge is 0.255 e. The van der Waals surface area contributed by atoms with Gasteiger partial charge in [-0.3, -0.25) is 14.9 Å². The van der Waals surface area contributed by atoms with Crippen LogP contribution >= 0.6 is 0 Å². The highest BCUT2D eigenvalue weighted by atomic mass is 19.1. The molecule has 0 unspecified atom stereocenters. The lowest BCUT2D eigenvalue weighted by Gasteiger charge is -2.11. The number of hydrogen-bond donors (Lipinski definition) is 3. The molecular weight excluding hydrogens is 311 g/mol. The summed E-state index contributed by atoms with van der Waals surface area (Å²) < 4.78 is 13.4. The van der Waals surface area contributed by atoms with Crippen molar-refractivity contribution in [3.8, 4) is 11.3 Å². The van der Waals surface area contributed by atoms with Crippen molar-refractivity contribution < 1.29 is 14.3 Å². The first kappa shape index (κ1) is 15.8. The summed E-state index contributed by atoms with van der Waals surface area (Å²) in [5.41, 5.74) is 1.67. The summed E-state index contributed by atoms with van der Waals surface area (Å²) >= 11 is 0. The number of halogens is 1. The Hall–Kier alpha value is -3.06. The number of amides is 1. The molecule has 0 fully saturated rings. The number of nitrogens with zero attached hydrogens (tertiary/aromatic N) is 2. The van der Waals surface area contributed by atoms with Gasteiger partial charge in [0.15, 0.2) is 0 Å². The fourth-order valence-corrected chi connectivity index (χ4v) is 2.28. The van der Waals surface area contributed by atoms with Gasteiger partial charge in [0.25, 0.3) is 5.91 Å². The minimum Gasteiger partial charge on any atom is -0.385 e. The van der Waals surface area contributed by atoms with Crippen molar-refractivity contribution in [2.75, 3.05) is 6.54 Å². The summed E-state index contributed by atoms with van der Waals surface area (Å²) in [4.78, 5) is 16.4. The Labute approximate surface area is 137 Å². The number of aliphatic hydroxyl groups excluding tert-OH is 1. The molecule has 3 aromatic rings. The van der Waals surface area contributed by atoms with Crippen LogP contribution < -0.4 is 5.32 Å². The number of carbonyl (C=O) groups is 1. The number of nitrogens with one attached hydrogen (secondary N) is 2. The van der Waals surface area contributed by atoms with E-state index in [9.17, 15) is 14.3 Å². The summed E-state index contributed by atoms with van der Waals surface area (Å²) in [7, 11) is 0. The topological polar surface area (TPSA) is 90.9 Å². The van der Waals surface area contributed by atoms with E-state index in [0.29, 0.717) is 17.0 Å². The van der Waals surface area contributed by atoms with Gasteiger partial charge < -0.3 is 10.4 Å². The molecule has 1 amide bonds. The largest absolute Gasteiger partial charge is 0.385 e. The normalized spacial score (nSPS) is 11.9. The van der Waals surface area contributed by atoms with Crippen LogP contribution in [0.15, 0.2) is 54.9 Å². The summed E-state index contributed by atoms with van der Waals surface area (Å²) in [5.74, 6) is -0.822. The third-order valence-electron chi connectivity index (χ3n) is 3.48. The standard InChI is InChI=1S/C17H15FN4O2/c18-12-5-3-4-11(8-12)16-13(9-21-22-16)17(24)20-10-15(23)14-6-1-2-7-19-14/h1-9,15,23H,10H2,(H,20,24)(H,21,22)/t15-/m1/s1. The third-order valence-corrected chi connectivity index (χ3v) is 3.48. The number of pyridine rings is 1. The highest BCUT2D eigenvalue weighted by molar-refractivity contribution is 5.99. The van der Waals surface area contributed by atoms with E-state index in [1.54, 1.807) is 36.5 Å². The number of benzene rings is 1. The molecule has 2 aromatic heterocycles. The minimum atomic E-state index is -0.917. The van der Waals surface area contributed by atoms with Crippen LogP contribution in [-0.2, 0) is 0 Å². The van der Waals surface area contributed by atoms with E-state index in [0.717, 1.165) is 0 Å². The van der Waals surface area contributed by atoms with E-state index >= 15 is 0 Å². The Kier molecular flexibility index (Phi) is 4.62. The van der Waals surface area contributed by atoms with Crippen LogP contribution in [0.5, 0.6) is 0 Å². The van der Waals surface area contributed by atoms with Crippen LogP contribution in [0.2, 0.25) is 0 Å². The van der Waals surface area contributed by atoms with Gasteiger partial charge in [0, 0.05) is 18.3 Å². The molecule has 0 spiro atoms. The molecular formula is C17H15FN4O2. The Balaban J connectivity index is 1.71. The van der Waals surface area contributed by atoms with E-state index in [2.05, 4.69) is 20.5 Å². The summed E-state index contributed by atoms with van der Waals surface area (Å²) in [6.07, 6.45) is 2.01. The van der Waals surface area contributed by atoms with Gasteiger partial charge in [0.1, 0.15) is 11.9 Å². The van der Waals surface area contributed by atoms with Crippen molar-refractivity contribution in [3.05, 3.63) is 71.9 Å². The second-order valence-corrected chi connectivity index (χ2v) is 5.15. The molecule has 0 aliphatic carbocycles. The van der Waals surface area contributed by atoms with Gasteiger partial charge in [0.05, 0.1) is 23.1 Å². The fourth-order valence-electron chi connectivity index (χ4n) is 2.28. The Bertz CT molecular complexity index is 835. The lowest BCUT2D eigenvalue weighted by atomic mass is 10.1. The third kappa shape index (κ3) is 3.47. The van der Waals surface area contributed by atoms with Crippen LogP contribution in [-0.4, -0.2) is 32.7 Å². The average Bonchev–Trinajstić information content (AvgIpc) is 3.10. The lowest BCUT2D eigenvalue weighted by Crippen LogP contribution is -2.28. The SMILES string of the molecule is O=C(NC[C@@H](O)c1ccccn1)c1cn[nH]c1-c1cccc(F)c1. The average molecular weight is 326 g/mol. The van der Waals surface area contributed by atoms with Crippen LogP contribution in [0, 0.1) is 5.82 Å². The molecule has 1 aromatic carbocycles. The molecule has 6 nitrogen and oxygen atoms in total. The number of aromatic amines is 1. The van der Waals surface area contributed by atoms with Gasteiger partial charge in [-0.15, -0.1) is 0 Å². The first-order valence-corrected chi connectivity index (χ1v) is 7.31. The molecule has 0 aliphatic heterocycles. The lowest BCUT2D eigenvalue weighted by molar-refractivity contribution is 0.0915. The van der Waals surface area contributed by atoms with Gasteiger partial charge in [-0.25, -0.2) is 4.39 Å². The van der Waals surface area contributed by atoms with Crippen molar-refractivity contribution in [1.82, 2.24) is 20.5 Å². The molecule has 2 heterocycles. The van der Waals surface area contributed by atoms with Crippen LogP contribution in [0.3, 0.4) is 0 Å². The first-order valence-electron chi connectivity index (χ1n) is 7.31. The molecule has 0 saturated carbocycles. The van der Waals surface area contributed by atoms with E-state index in [1.165, 1.54) is 18.3 Å². The van der Waals surface area contributed by atoms with E-state index in [-0.39, 0.29) is 12.1 Å². The van der Waals surface area contributed by atoms with Crippen molar-refractivity contribution >= 4 is 5.91 Å². The highest BCUT2D eigenvalue weighted by Gasteiger charge is 2.17. The maximum atomic E-state index is 13.4. The summed E-state index contributed by atoms with van der Waals surface area (Å²) in [5, 5.41) is 19.2. The first-order chi connectivity index (χ1) is 11.6. The molecule has 0 saturated heterocycles. The molecule has 7 heteroatoms. The Morgan fingerprint density at radius 1 is 1.29 bits per heavy atom. The number of aromatic nitrogens is 3. The summed E-state index contributed by atoms with van der Waals surface area (Å²) in [6, 6.07) is 11.0. The number of hydrogen-bond acceptors (Lipinski definition) is 4. The van der Waals surface area contributed by atoms with E-state index in [4.69, 9.17) is 0 Å². The molecule has 0 bridgehead atoms. The van der Waals surface area contributed by atoms with Crippen molar-refractivity contribution in [3.63, 3.8) is 0 Å². The minimum absolute atomic E-state index is 0.00359. The van der Waals surface area contributed by atoms with Crippen molar-refractivity contribution in [2.24, 2.45) is 0 Å². The molecule has 24 heavy (non-hydrogen) atoms. The number of aliphatic hydroxyl groups is 1. The van der Waals surface area contributed by atoms with Gasteiger partial charge in [-0.05, 0) is 24.3 Å². The number of carbonyl (C=O) groups excluding carboxylic acids is 1. The zero-order valence-electron chi connectivity index (χ0n) is 12.6. The maximum absolute atomic E-state index is 13.4. The quantitative estimate of drug-likeness (QED) is 0.669.